The van der Waals surface area contributed by atoms with Crippen molar-refractivity contribution in [2.24, 2.45) is 0 Å². The molecule has 2 aromatic heterocycles. The van der Waals surface area contributed by atoms with Crippen LogP contribution >= 0.6 is 11.3 Å². The van der Waals surface area contributed by atoms with E-state index in [0.717, 1.165) is 5.39 Å². The van der Waals surface area contributed by atoms with Crippen molar-refractivity contribution >= 4 is 54.8 Å². The summed E-state index contributed by atoms with van der Waals surface area (Å²) in [6.45, 7) is 0. The number of amides is 2. The predicted octanol–water partition coefficient (Wildman–Crippen LogP) is 3.74. The maximum absolute atomic E-state index is 12.3. The minimum Gasteiger partial charge on any atom is -0.308 e. The van der Waals surface area contributed by atoms with Crippen LogP contribution in [-0.4, -0.2) is 24.4 Å². The predicted molar refractivity (Wildman–Crippen MR) is 111 cm³/mol. The molecule has 0 atom stereocenters. The van der Waals surface area contributed by atoms with Gasteiger partial charge in [0, 0.05) is 17.3 Å². The highest BCUT2D eigenvalue weighted by atomic mass is 32.2. The summed E-state index contributed by atoms with van der Waals surface area (Å²) in [5, 5.41) is 8.07. The summed E-state index contributed by atoms with van der Waals surface area (Å²) in [5.41, 5.74) is 1.55. The molecule has 2 amide bonds. The number of rotatable bonds is 5. The lowest BCUT2D eigenvalue weighted by molar-refractivity contribution is 0.262. The molecular formula is C19H13N5O3S2. The molecular weight excluding hydrogens is 410 g/mol. The Balaban J connectivity index is 1.45. The third-order valence-electron chi connectivity index (χ3n) is 3.83. The van der Waals surface area contributed by atoms with E-state index in [9.17, 15) is 13.2 Å². The van der Waals surface area contributed by atoms with Crippen LogP contribution in [-0.2, 0) is 10.0 Å². The van der Waals surface area contributed by atoms with Crippen molar-refractivity contribution in [3.05, 3.63) is 72.4 Å². The number of hydrogen-bond acceptors (Lipinski definition) is 6. The molecule has 4 rings (SSSR count). The van der Waals surface area contributed by atoms with Crippen molar-refractivity contribution in [3.63, 3.8) is 0 Å². The number of carbonyl (C=O) groups is 1. The minimum absolute atomic E-state index is 0.0590. The van der Waals surface area contributed by atoms with Gasteiger partial charge in [0.1, 0.15) is 5.52 Å². The summed E-state index contributed by atoms with van der Waals surface area (Å²) in [7, 11) is -3.75. The topological polar surface area (TPSA) is 113 Å². The van der Waals surface area contributed by atoms with Gasteiger partial charge in [0.05, 0.1) is 22.2 Å². The molecule has 0 saturated heterocycles. The van der Waals surface area contributed by atoms with Crippen molar-refractivity contribution in [2.75, 3.05) is 15.4 Å². The van der Waals surface area contributed by atoms with Crippen LogP contribution in [0.4, 0.5) is 21.3 Å². The summed E-state index contributed by atoms with van der Waals surface area (Å²) in [6, 6.07) is 16.3. The average Bonchev–Trinajstić information content (AvgIpc) is 3.21. The number of nitrogens with one attached hydrogen (secondary N) is 3. The van der Waals surface area contributed by atoms with Gasteiger partial charge in [0.15, 0.2) is 5.13 Å². The van der Waals surface area contributed by atoms with Gasteiger partial charge in [-0.25, -0.2) is 23.2 Å². The van der Waals surface area contributed by atoms with Gasteiger partial charge < -0.3 is 10.6 Å². The number of sulfonamides is 1. The van der Waals surface area contributed by atoms with Gasteiger partial charge in [-0.1, -0.05) is 12.1 Å². The zero-order chi connectivity index (χ0) is 20.3. The number of fused-ring (bicyclic) bond motifs is 1. The first kappa shape index (κ1) is 18.7. The lowest BCUT2D eigenvalue weighted by Crippen LogP contribution is -2.20. The highest BCUT2D eigenvalue weighted by Crippen LogP contribution is 2.21. The van der Waals surface area contributed by atoms with Gasteiger partial charge in [-0.15, -0.1) is 11.3 Å². The molecule has 144 valence electrons. The largest absolute Gasteiger partial charge is 0.323 e. The average molecular weight is 423 g/mol. The smallest absolute Gasteiger partial charge is 0.308 e. The molecule has 0 radical (unpaired) electrons. The Labute approximate surface area is 170 Å². The number of thiazole rings is 1. The number of anilines is 3. The monoisotopic (exact) mass is 423 g/mol. The SMILES string of the molecule is O=C(Nc1ccc(S(=O)(=O)Nc2nccs2)cc1)Nc1cccc2c#ccnc12. The fourth-order valence-electron chi connectivity index (χ4n) is 2.54. The highest BCUT2D eigenvalue weighted by Gasteiger charge is 2.15. The van der Waals surface area contributed by atoms with E-state index in [1.54, 1.807) is 17.5 Å². The van der Waals surface area contributed by atoms with Gasteiger partial charge in [0.25, 0.3) is 10.0 Å². The highest BCUT2D eigenvalue weighted by molar-refractivity contribution is 7.93. The van der Waals surface area contributed by atoms with Crippen LogP contribution in [0.25, 0.3) is 10.9 Å². The van der Waals surface area contributed by atoms with Crippen LogP contribution in [0.5, 0.6) is 0 Å². The van der Waals surface area contributed by atoms with Gasteiger partial charge in [-0.2, -0.15) is 0 Å². The maximum Gasteiger partial charge on any atom is 0.323 e. The van der Waals surface area contributed by atoms with Crippen molar-refractivity contribution < 1.29 is 13.2 Å². The van der Waals surface area contributed by atoms with Crippen LogP contribution < -0.4 is 15.4 Å². The molecule has 0 spiro atoms. The van der Waals surface area contributed by atoms with Crippen molar-refractivity contribution in [3.8, 4) is 0 Å². The first-order valence-electron chi connectivity index (χ1n) is 8.29. The molecule has 0 fully saturated rings. The molecule has 2 heterocycles. The summed E-state index contributed by atoms with van der Waals surface area (Å²) in [4.78, 5) is 20.5. The number of para-hydroxylation sites is 1. The first-order valence-corrected chi connectivity index (χ1v) is 10.6. The fraction of sp³-hybridized carbons (Fsp3) is 0. The Morgan fingerprint density at radius 3 is 2.62 bits per heavy atom. The third-order valence-corrected chi connectivity index (χ3v) is 6.00. The molecule has 0 aliphatic carbocycles. The molecule has 0 unspecified atom stereocenters. The summed E-state index contributed by atoms with van der Waals surface area (Å²) < 4.78 is 27.1. The van der Waals surface area contributed by atoms with Gasteiger partial charge in [0.2, 0.25) is 0 Å². The zero-order valence-corrected chi connectivity index (χ0v) is 16.3. The van der Waals surface area contributed by atoms with Crippen LogP contribution in [0.1, 0.15) is 0 Å². The maximum atomic E-state index is 12.3. The van der Waals surface area contributed by atoms with E-state index >= 15 is 0 Å². The fourth-order valence-corrected chi connectivity index (χ4v) is 4.33. The van der Waals surface area contributed by atoms with E-state index in [1.807, 2.05) is 6.07 Å². The number of hydrogen-bond donors (Lipinski definition) is 3. The molecule has 4 aromatic rings. The second kappa shape index (κ2) is 7.75. The lowest BCUT2D eigenvalue weighted by atomic mass is 10.2. The normalized spacial score (nSPS) is 10.9. The number of carbonyl (C=O) groups excluding carboxylic acids is 1. The van der Waals surface area contributed by atoms with E-state index in [4.69, 9.17) is 0 Å². The molecule has 0 aliphatic rings. The Hall–Kier alpha value is -3.68. The molecule has 0 saturated carbocycles. The van der Waals surface area contributed by atoms with E-state index in [1.165, 1.54) is 48.0 Å². The minimum atomic E-state index is -3.75. The second-order valence-corrected chi connectivity index (χ2v) is 8.35. The van der Waals surface area contributed by atoms with Crippen LogP contribution in [0.2, 0.25) is 0 Å². The van der Waals surface area contributed by atoms with Crippen molar-refractivity contribution in [1.29, 1.82) is 0 Å². The second-order valence-electron chi connectivity index (χ2n) is 5.78. The Morgan fingerprint density at radius 2 is 1.86 bits per heavy atom. The summed E-state index contributed by atoms with van der Waals surface area (Å²) >= 11 is 1.18. The van der Waals surface area contributed by atoms with E-state index in [0.29, 0.717) is 16.9 Å². The quantitative estimate of drug-likeness (QED) is 0.453. The van der Waals surface area contributed by atoms with Crippen LogP contribution in [0.15, 0.2) is 65.1 Å². The molecule has 3 N–H and O–H groups in total. The first-order chi connectivity index (χ1) is 14.0. The molecule has 8 nitrogen and oxygen atoms in total. The Bertz CT molecular complexity index is 1250. The van der Waals surface area contributed by atoms with Gasteiger partial charge in [-0.3, -0.25) is 4.72 Å². The third kappa shape index (κ3) is 4.26. The number of benzene rings is 2. The lowest BCUT2D eigenvalue weighted by Gasteiger charge is -2.10. The Morgan fingerprint density at radius 1 is 1.03 bits per heavy atom. The van der Waals surface area contributed by atoms with Crippen molar-refractivity contribution in [1.82, 2.24) is 9.97 Å². The zero-order valence-electron chi connectivity index (χ0n) is 14.7. The summed E-state index contributed by atoms with van der Waals surface area (Å²) in [6.07, 6.45) is 2.99. The Kier molecular flexibility index (Phi) is 4.99. The molecule has 0 aliphatic heterocycles. The molecule has 0 bridgehead atoms. The van der Waals surface area contributed by atoms with Crippen LogP contribution in [0, 0.1) is 12.1 Å². The molecule has 10 heteroatoms. The van der Waals surface area contributed by atoms with E-state index < -0.39 is 16.1 Å². The van der Waals surface area contributed by atoms with Gasteiger partial charge >= 0.3 is 6.03 Å². The molecule has 29 heavy (non-hydrogen) atoms. The van der Waals surface area contributed by atoms with Gasteiger partial charge in [-0.05, 0) is 42.5 Å². The van der Waals surface area contributed by atoms with Crippen molar-refractivity contribution in [2.45, 2.75) is 4.90 Å². The standard InChI is InChI=1S/C19H13N5O3S2/c25-18(23-16-5-1-3-13-4-2-10-20-17(13)16)22-14-6-8-15(9-7-14)29(26,27)24-19-21-11-12-28-19/h1,3,5-12H,(H,21,24)(H2,22,23,25). The van der Waals surface area contributed by atoms with E-state index in [-0.39, 0.29) is 10.0 Å². The number of nitrogens with zero attached hydrogens (tertiary/aromatic N) is 2. The summed E-state index contributed by atoms with van der Waals surface area (Å²) in [5.74, 6) is 0. The van der Waals surface area contributed by atoms with E-state index in [2.05, 4.69) is 37.5 Å². The number of urea groups is 1. The molecule has 2 aromatic carbocycles. The van der Waals surface area contributed by atoms with Crippen LogP contribution in [0.3, 0.4) is 0 Å². The number of aromatic nitrogens is 2.